The minimum Gasteiger partial charge on any atom is -0.493 e. The van der Waals surface area contributed by atoms with Crippen molar-refractivity contribution >= 4 is 62.8 Å². The van der Waals surface area contributed by atoms with Crippen molar-refractivity contribution in [3.63, 3.8) is 0 Å². The molecule has 11 heteroatoms. The number of amides is 1. The number of nitrogens with two attached hydrogens (primary N) is 1. The van der Waals surface area contributed by atoms with Crippen LogP contribution in [0.25, 0.3) is 27.9 Å². The minimum atomic E-state index is -0.500. The predicted octanol–water partition coefficient (Wildman–Crippen LogP) is 5.74. The van der Waals surface area contributed by atoms with Gasteiger partial charge in [-0.05, 0) is 30.3 Å². The minimum absolute atomic E-state index is 0.133. The Morgan fingerprint density at radius 2 is 1.54 bits per heavy atom. The van der Waals surface area contributed by atoms with Crippen LogP contribution in [0.15, 0.2) is 54.6 Å². The first kappa shape index (κ1) is 24.5. The molecule has 0 saturated heterocycles. The second-order valence-corrected chi connectivity index (χ2v) is 8.76. The van der Waals surface area contributed by atoms with Crippen LogP contribution in [-0.4, -0.2) is 41.8 Å². The number of nitrogen functional groups attached to an aromatic ring is 1. The van der Waals surface area contributed by atoms with E-state index in [4.69, 9.17) is 53.1 Å². The van der Waals surface area contributed by atoms with E-state index in [2.05, 4.69) is 5.32 Å². The zero-order valence-electron chi connectivity index (χ0n) is 20.0. The van der Waals surface area contributed by atoms with E-state index in [9.17, 15) is 4.79 Å². The lowest BCUT2D eigenvalue weighted by atomic mass is 10.2. The van der Waals surface area contributed by atoms with Gasteiger partial charge in [0.1, 0.15) is 16.9 Å². The number of methoxy groups -OCH3 is 3. The van der Waals surface area contributed by atoms with Crippen LogP contribution < -0.4 is 25.3 Å². The number of rotatable bonds is 6. The van der Waals surface area contributed by atoms with Gasteiger partial charge in [0.25, 0.3) is 5.91 Å². The molecule has 3 aromatic carbocycles. The van der Waals surface area contributed by atoms with Crippen molar-refractivity contribution in [2.75, 3.05) is 32.4 Å². The van der Waals surface area contributed by atoms with Crippen molar-refractivity contribution in [1.29, 1.82) is 0 Å². The maximum atomic E-state index is 13.7. The molecule has 2 heterocycles. The third-order valence-corrected chi connectivity index (χ3v) is 6.55. The summed E-state index contributed by atoms with van der Waals surface area (Å²) in [6, 6.07) is 15.6. The lowest BCUT2D eigenvalue weighted by molar-refractivity contribution is 0.102. The molecular formula is C26H21Cl2N5O4. The number of para-hydroxylation sites is 2. The van der Waals surface area contributed by atoms with Crippen LogP contribution >= 0.6 is 23.2 Å². The molecule has 0 unspecified atom stereocenters. The summed E-state index contributed by atoms with van der Waals surface area (Å²) >= 11 is 12.4. The molecule has 0 aliphatic rings. The highest BCUT2D eigenvalue weighted by molar-refractivity contribution is 6.42. The smallest absolute Gasteiger partial charge is 0.261 e. The topological polar surface area (TPSA) is 114 Å². The van der Waals surface area contributed by atoms with Gasteiger partial charge in [-0.3, -0.25) is 9.36 Å². The number of hydrogen-bond donors (Lipinski definition) is 2. The largest absolute Gasteiger partial charge is 0.493 e. The Hall–Kier alpha value is -4.21. The molecule has 37 heavy (non-hydrogen) atoms. The van der Waals surface area contributed by atoms with Crippen molar-refractivity contribution in [3.8, 4) is 22.9 Å². The first-order valence-corrected chi connectivity index (χ1v) is 11.7. The van der Waals surface area contributed by atoms with Crippen LogP contribution in [0.1, 0.15) is 10.4 Å². The quantitative estimate of drug-likeness (QED) is 0.283. The summed E-state index contributed by atoms with van der Waals surface area (Å²) in [4.78, 5) is 23.2. The van der Waals surface area contributed by atoms with Crippen molar-refractivity contribution in [3.05, 3.63) is 70.2 Å². The molecule has 2 aromatic heterocycles. The highest BCUT2D eigenvalue weighted by atomic mass is 35.5. The SMILES string of the molecule is COc1cc(NC(=O)c2c(N)n(-c3ccc(Cl)c(Cl)c3)c3nc4ccccc4nc23)cc(OC)c1OC. The summed E-state index contributed by atoms with van der Waals surface area (Å²) in [5.74, 6) is 0.799. The molecule has 3 N–H and O–H groups in total. The Morgan fingerprint density at radius 1 is 0.892 bits per heavy atom. The summed E-state index contributed by atoms with van der Waals surface area (Å²) in [6.45, 7) is 0. The predicted molar refractivity (Wildman–Crippen MR) is 145 cm³/mol. The zero-order valence-corrected chi connectivity index (χ0v) is 21.5. The number of halogens is 2. The third kappa shape index (κ3) is 4.22. The molecule has 0 fully saturated rings. The fourth-order valence-corrected chi connectivity index (χ4v) is 4.41. The normalized spacial score (nSPS) is 11.1. The molecule has 0 aliphatic heterocycles. The summed E-state index contributed by atoms with van der Waals surface area (Å²) in [5.41, 5.74) is 9.69. The average molecular weight is 538 g/mol. The molecule has 188 valence electrons. The Balaban J connectivity index is 1.70. The molecular weight excluding hydrogens is 517 g/mol. The van der Waals surface area contributed by atoms with Crippen LogP contribution in [0.3, 0.4) is 0 Å². The number of aromatic nitrogens is 3. The first-order chi connectivity index (χ1) is 17.9. The Kier molecular flexibility index (Phi) is 6.41. The molecule has 0 saturated carbocycles. The van der Waals surface area contributed by atoms with Gasteiger partial charge < -0.3 is 25.3 Å². The van der Waals surface area contributed by atoms with Gasteiger partial charge in [0.2, 0.25) is 5.75 Å². The van der Waals surface area contributed by atoms with Gasteiger partial charge in [0.05, 0.1) is 48.1 Å². The van der Waals surface area contributed by atoms with Crippen LogP contribution in [0.5, 0.6) is 17.2 Å². The number of benzene rings is 3. The van der Waals surface area contributed by atoms with E-state index in [1.807, 2.05) is 24.3 Å². The zero-order chi connectivity index (χ0) is 26.3. The molecule has 5 rings (SSSR count). The number of nitrogens with zero attached hydrogens (tertiary/aromatic N) is 3. The van der Waals surface area contributed by atoms with Gasteiger partial charge in [-0.1, -0.05) is 35.3 Å². The number of ether oxygens (including phenoxy) is 3. The van der Waals surface area contributed by atoms with Crippen LogP contribution in [0.4, 0.5) is 11.5 Å². The Labute approximate surface area is 221 Å². The lowest BCUT2D eigenvalue weighted by Crippen LogP contribution is -2.15. The Morgan fingerprint density at radius 3 is 2.14 bits per heavy atom. The van der Waals surface area contributed by atoms with Gasteiger partial charge in [-0.2, -0.15) is 0 Å². The van der Waals surface area contributed by atoms with E-state index < -0.39 is 5.91 Å². The molecule has 0 bridgehead atoms. The van der Waals surface area contributed by atoms with Gasteiger partial charge in [0.15, 0.2) is 17.1 Å². The summed E-state index contributed by atoms with van der Waals surface area (Å²) in [7, 11) is 4.49. The number of anilines is 2. The number of nitrogens with one attached hydrogen (secondary N) is 1. The first-order valence-electron chi connectivity index (χ1n) is 11.0. The molecule has 0 atom stereocenters. The van der Waals surface area contributed by atoms with Crippen LogP contribution in [0, 0.1) is 0 Å². The van der Waals surface area contributed by atoms with Crippen LogP contribution in [0.2, 0.25) is 10.0 Å². The standard InChI is InChI=1S/C26H21Cl2N5O4/c1-35-19-10-13(11-20(36-2)23(19)37-3)30-26(34)21-22-25(32-18-7-5-4-6-17(18)31-22)33(24(21)29)14-8-9-15(27)16(28)12-14/h4-12H,29H2,1-3H3,(H,30,34). The second-order valence-electron chi connectivity index (χ2n) is 7.95. The van der Waals surface area contributed by atoms with Gasteiger partial charge in [-0.25, -0.2) is 9.97 Å². The van der Waals surface area contributed by atoms with E-state index in [-0.39, 0.29) is 11.4 Å². The lowest BCUT2D eigenvalue weighted by Gasteiger charge is -2.14. The van der Waals surface area contributed by atoms with Gasteiger partial charge in [-0.15, -0.1) is 0 Å². The van der Waals surface area contributed by atoms with E-state index in [0.717, 1.165) is 0 Å². The highest BCUT2D eigenvalue weighted by Crippen LogP contribution is 2.40. The number of carbonyl (C=O) groups is 1. The molecule has 1 amide bonds. The van der Waals surface area contributed by atoms with Crippen molar-refractivity contribution in [1.82, 2.24) is 14.5 Å². The fraction of sp³-hybridized carbons (Fsp3) is 0.115. The Bertz CT molecular complexity index is 1660. The maximum absolute atomic E-state index is 13.7. The van der Waals surface area contributed by atoms with Crippen LogP contribution in [-0.2, 0) is 0 Å². The molecule has 5 aromatic rings. The number of hydrogen-bond acceptors (Lipinski definition) is 7. The molecule has 0 spiro atoms. The summed E-state index contributed by atoms with van der Waals surface area (Å²) < 4.78 is 17.8. The summed E-state index contributed by atoms with van der Waals surface area (Å²) in [6.07, 6.45) is 0. The van der Waals surface area contributed by atoms with Crippen molar-refractivity contribution in [2.45, 2.75) is 0 Å². The summed E-state index contributed by atoms with van der Waals surface area (Å²) in [5, 5.41) is 3.58. The number of carbonyl (C=O) groups excluding carboxylic acids is 1. The van der Waals surface area contributed by atoms with E-state index in [1.165, 1.54) is 21.3 Å². The van der Waals surface area contributed by atoms with E-state index in [1.54, 1.807) is 34.9 Å². The fourth-order valence-electron chi connectivity index (χ4n) is 4.12. The average Bonchev–Trinajstić information content (AvgIpc) is 3.18. The highest BCUT2D eigenvalue weighted by Gasteiger charge is 2.26. The van der Waals surface area contributed by atoms with E-state index >= 15 is 0 Å². The maximum Gasteiger partial charge on any atom is 0.261 e. The number of fused-ring (bicyclic) bond motifs is 2. The molecule has 0 radical (unpaired) electrons. The second kappa shape index (κ2) is 9.68. The van der Waals surface area contributed by atoms with Crippen molar-refractivity contribution < 1.29 is 19.0 Å². The molecule has 0 aliphatic carbocycles. The molecule has 9 nitrogen and oxygen atoms in total. The van der Waals surface area contributed by atoms with Gasteiger partial charge in [0, 0.05) is 17.8 Å². The van der Waals surface area contributed by atoms with E-state index in [0.29, 0.717) is 60.9 Å². The third-order valence-electron chi connectivity index (χ3n) is 5.81. The van der Waals surface area contributed by atoms with Gasteiger partial charge >= 0.3 is 0 Å². The van der Waals surface area contributed by atoms with Crippen molar-refractivity contribution in [2.24, 2.45) is 0 Å². The monoisotopic (exact) mass is 537 g/mol.